The van der Waals surface area contributed by atoms with Gasteiger partial charge in [-0.25, -0.2) is 0 Å². The Bertz CT molecular complexity index is 168. The summed E-state index contributed by atoms with van der Waals surface area (Å²) in [5.74, 6) is 0. The van der Waals surface area contributed by atoms with Crippen molar-refractivity contribution in [2.75, 3.05) is 19.6 Å². The maximum absolute atomic E-state index is 9.64. The molecular formula is C10H22N2O. The maximum Gasteiger partial charge on any atom is 0.0791 e. The third-order valence-corrected chi connectivity index (χ3v) is 2.59. The number of hydrogen-bond donors (Lipinski definition) is 2. The maximum atomic E-state index is 9.64. The van der Waals surface area contributed by atoms with Gasteiger partial charge in [0, 0.05) is 31.2 Å². The van der Waals surface area contributed by atoms with Crippen molar-refractivity contribution in [1.82, 2.24) is 10.2 Å². The molecule has 0 aliphatic carbocycles. The number of aliphatic hydroxyl groups excluding tert-OH is 1. The van der Waals surface area contributed by atoms with E-state index in [1.807, 2.05) is 0 Å². The van der Waals surface area contributed by atoms with Crippen LogP contribution in [0.4, 0.5) is 0 Å². The van der Waals surface area contributed by atoms with Crippen LogP contribution in [0, 0.1) is 0 Å². The fourth-order valence-corrected chi connectivity index (χ4v) is 1.75. The molecule has 78 valence electrons. The van der Waals surface area contributed by atoms with Crippen LogP contribution in [0.15, 0.2) is 0 Å². The molecule has 3 heteroatoms. The van der Waals surface area contributed by atoms with Crippen molar-refractivity contribution in [3.8, 4) is 0 Å². The van der Waals surface area contributed by atoms with Crippen molar-refractivity contribution in [3.63, 3.8) is 0 Å². The molecule has 1 fully saturated rings. The molecule has 0 amide bonds. The van der Waals surface area contributed by atoms with Crippen LogP contribution in [0.25, 0.3) is 0 Å². The zero-order valence-corrected chi connectivity index (χ0v) is 9.17. The van der Waals surface area contributed by atoms with Gasteiger partial charge in [-0.1, -0.05) is 0 Å². The van der Waals surface area contributed by atoms with E-state index >= 15 is 0 Å². The molecule has 0 aromatic carbocycles. The quantitative estimate of drug-likeness (QED) is 0.624. The van der Waals surface area contributed by atoms with Crippen LogP contribution in [0.1, 0.15) is 27.7 Å². The Morgan fingerprint density at radius 3 is 2.62 bits per heavy atom. The van der Waals surface area contributed by atoms with Gasteiger partial charge < -0.3 is 10.4 Å². The Morgan fingerprint density at radius 1 is 1.46 bits per heavy atom. The molecule has 0 spiro atoms. The Morgan fingerprint density at radius 2 is 2.08 bits per heavy atom. The molecule has 13 heavy (non-hydrogen) atoms. The predicted octanol–water partition coefficient (Wildman–Crippen LogP) is 0.439. The molecule has 1 heterocycles. The Labute approximate surface area is 81.1 Å². The lowest BCUT2D eigenvalue weighted by Gasteiger charge is -2.32. The largest absolute Gasteiger partial charge is 0.390 e. The minimum atomic E-state index is -0.232. The molecule has 1 saturated heterocycles. The van der Waals surface area contributed by atoms with E-state index in [1.165, 1.54) is 0 Å². The summed E-state index contributed by atoms with van der Waals surface area (Å²) in [5, 5.41) is 13.0. The summed E-state index contributed by atoms with van der Waals surface area (Å²) in [4.78, 5) is 2.32. The second kappa shape index (κ2) is 3.95. The number of hydrogen-bond acceptors (Lipinski definition) is 3. The average Bonchev–Trinajstić information content (AvgIpc) is 2.11. The van der Waals surface area contributed by atoms with Gasteiger partial charge in [0.15, 0.2) is 0 Å². The van der Waals surface area contributed by atoms with Gasteiger partial charge in [-0.3, -0.25) is 4.90 Å². The number of nitrogens with zero attached hydrogens (tertiary/aromatic N) is 1. The van der Waals surface area contributed by atoms with Gasteiger partial charge in [0.1, 0.15) is 0 Å². The number of aliphatic hydroxyl groups is 1. The predicted molar refractivity (Wildman–Crippen MR) is 54.8 cm³/mol. The summed E-state index contributed by atoms with van der Waals surface area (Å²) in [6.45, 7) is 11.2. The highest BCUT2D eigenvalue weighted by atomic mass is 16.3. The van der Waals surface area contributed by atoms with E-state index in [-0.39, 0.29) is 11.6 Å². The molecule has 0 bridgehead atoms. The summed E-state index contributed by atoms with van der Waals surface area (Å²) in [5.41, 5.74) is 0.113. The van der Waals surface area contributed by atoms with Crippen LogP contribution in [0.5, 0.6) is 0 Å². The monoisotopic (exact) mass is 186 g/mol. The van der Waals surface area contributed by atoms with E-state index in [2.05, 4.69) is 37.9 Å². The topological polar surface area (TPSA) is 35.5 Å². The molecule has 3 nitrogen and oxygen atoms in total. The van der Waals surface area contributed by atoms with E-state index in [0.29, 0.717) is 12.6 Å². The first-order valence-corrected chi connectivity index (χ1v) is 5.08. The van der Waals surface area contributed by atoms with Crippen molar-refractivity contribution in [1.29, 1.82) is 0 Å². The molecule has 0 aromatic rings. The summed E-state index contributed by atoms with van der Waals surface area (Å²) in [6.07, 6.45) is -0.232. The van der Waals surface area contributed by atoms with Crippen molar-refractivity contribution < 1.29 is 5.11 Å². The first-order chi connectivity index (χ1) is 5.91. The standard InChI is InChI=1S/C10H22N2O/c1-8(2)12-6-9(13)5-11-10(3,4)7-12/h8-9,11,13H,5-7H2,1-4H3. The third kappa shape index (κ3) is 3.25. The normalized spacial score (nSPS) is 30.5. The zero-order chi connectivity index (χ0) is 10.1. The number of nitrogens with one attached hydrogen (secondary N) is 1. The fourth-order valence-electron chi connectivity index (χ4n) is 1.75. The van der Waals surface area contributed by atoms with Gasteiger partial charge >= 0.3 is 0 Å². The lowest BCUT2D eigenvalue weighted by molar-refractivity contribution is 0.111. The second-order valence-electron chi connectivity index (χ2n) is 4.94. The van der Waals surface area contributed by atoms with Gasteiger partial charge in [0.25, 0.3) is 0 Å². The summed E-state index contributed by atoms with van der Waals surface area (Å²) in [7, 11) is 0. The minimum Gasteiger partial charge on any atom is -0.390 e. The van der Waals surface area contributed by atoms with Gasteiger partial charge in [0.2, 0.25) is 0 Å². The highest BCUT2D eigenvalue weighted by molar-refractivity contribution is 4.88. The van der Waals surface area contributed by atoms with E-state index in [1.54, 1.807) is 0 Å². The van der Waals surface area contributed by atoms with E-state index < -0.39 is 0 Å². The Kier molecular flexibility index (Phi) is 3.33. The molecule has 0 saturated carbocycles. The summed E-state index contributed by atoms with van der Waals surface area (Å²) >= 11 is 0. The zero-order valence-electron chi connectivity index (χ0n) is 9.17. The lowest BCUT2D eigenvalue weighted by atomic mass is 10.1. The van der Waals surface area contributed by atoms with Crippen molar-refractivity contribution >= 4 is 0 Å². The SMILES string of the molecule is CC(C)N1CC(O)CNC(C)(C)C1. The molecule has 1 aliphatic rings. The number of β-amino-alcohol motifs (C(OH)–C–C–N with tert-alkyl or cyclic N) is 1. The summed E-state index contributed by atoms with van der Waals surface area (Å²) < 4.78 is 0. The second-order valence-corrected chi connectivity index (χ2v) is 4.94. The van der Waals surface area contributed by atoms with Crippen molar-refractivity contribution in [2.45, 2.75) is 45.4 Å². The molecule has 1 atom stereocenters. The smallest absolute Gasteiger partial charge is 0.0791 e. The first-order valence-electron chi connectivity index (χ1n) is 5.08. The van der Waals surface area contributed by atoms with Crippen LogP contribution >= 0.6 is 0 Å². The fraction of sp³-hybridized carbons (Fsp3) is 1.00. The highest BCUT2D eigenvalue weighted by Crippen LogP contribution is 2.12. The Balaban J connectivity index is 2.63. The summed E-state index contributed by atoms with van der Waals surface area (Å²) in [6, 6.07) is 0.508. The first kappa shape index (κ1) is 11.0. The number of rotatable bonds is 1. The molecule has 0 radical (unpaired) electrons. The lowest BCUT2D eigenvalue weighted by Crippen LogP contribution is -2.48. The molecule has 2 N–H and O–H groups in total. The van der Waals surface area contributed by atoms with E-state index in [9.17, 15) is 5.11 Å². The van der Waals surface area contributed by atoms with Gasteiger partial charge in [-0.05, 0) is 27.7 Å². The average molecular weight is 186 g/mol. The Hall–Kier alpha value is -0.120. The van der Waals surface area contributed by atoms with Gasteiger partial charge in [-0.2, -0.15) is 0 Å². The highest BCUT2D eigenvalue weighted by Gasteiger charge is 2.28. The van der Waals surface area contributed by atoms with Crippen LogP contribution < -0.4 is 5.32 Å². The van der Waals surface area contributed by atoms with Gasteiger partial charge in [-0.15, -0.1) is 0 Å². The molecule has 1 rings (SSSR count). The van der Waals surface area contributed by atoms with E-state index in [4.69, 9.17) is 0 Å². The molecule has 1 unspecified atom stereocenters. The van der Waals surface area contributed by atoms with Gasteiger partial charge in [0.05, 0.1) is 6.10 Å². The minimum absolute atomic E-state index is 0.113. The van der Waals surface area contributed by atoms with Crippen molar-refractivity contribution in [3.05, 3.63) is 0 Å². The van der Waals surface area contributed by atoms with Crippen LogP contribution in [-0.4, -0.2) is 47.3 Å². The van der Waals surface area contributed by atoms with E-state index in [0.717, 1.165) is 13.1 Å². The van der Waals surface area contributed by atoms with Crippen LogP contribution in [0.3, 0.4) is 0 Å². The third-order valence-electron chi connectivity index (χ3n) is 2.59. The molecule has 0 aromatic heterocycles. The molecule has 1 aliphatic heterocycles. The van der Waals surface area contributed by atoms with Crippen molar-refractivity contribution in [2.24, 2.45) is 0 Å². The van der Waals surface area contributed by atoms with Crippen LogP contribution in [-0.2, 0) is 0 Å². The molecular weight excluding hydrogens is 164 g/mol. The van der Waals surface area contributed by atoms with Crippen LogP contribution in [0.2, 0.25) is 0 Å².